The van der Waals surface area contributed by atoms with Crippen LogP contribution < -0.4 is 11.1 Å². The molecule has 2 aromatic heterocycles. The van der Waals surface area contributed by atoms with E-state index < -0.39 is 5.91 Å². The zero-order chi connectivity index (χ0) is 19.5. The average molecular weight is 369 g/mol. The third-order valence-corrected chi connectivity index (χ3v) is 4.67. The predicted molar refractivity (Wildman–Crippen MR) is 110 cm³/mol. The van der Waals surface area contributed by atoms with Crippen molar-refractivity contribution in [1.29, 1.82) is 0 Å². The summed E-state index contributed by atoms with van der Waals surface area (Å²) in [4.78, 5) is 16.0. The van der Waals surface area contributed by atoms with Gasteiger partial charge < -0.3 is 11.1 Å². The van der Waals surface area contributed by atoms with Crippen molar-refractivity contribution >= 4 is 22.5 Å². The van der Waals surface area contributed by atoms with E-state index in [1.165, 1.54) is 0 Å². The van der Waals surface area contributed by atoms with Crippen LogP contribution in [0.1, 0.15) is 29.0 Å². The summed E-state index contributed by atoms with van der Waals surface area (Å²) in [5.41, 5.74) is 10.1. The van der Waals surface area contributed by atoms with Crippen LogP contribution in [0.4, 0.5) is 5.69 Å². The summed E-state index contributed by atoms with van der Waals surface area (Å²) in [5, 5.41) is 12.5. The minimum absolute atomic E-state index is 0.0356. The van der Waals surface area contributed by atoms with Gasteiger partial charge >= 0.3 is 0 Å². The van der Waals surface area contributed by atoms with E-state index in [0.29, 0.717) is 11.2 Å². The molecule has 0 aliphatic rings. The molecule has 0 saturated heterocycles. The molecule has 4 rings (SSSR count). The molecule has 0 bridgehead atoms. The van der Waals surface area contributed by atoms with Crippen LogP contribution in [0, 0.1) is 0 Å². The molecular weight excluding hydrogens is 350 g/mol. The molecule has 0 aliphatic carbocycles. The number of amides is 1. The summed E-state index contributed by atoms with van der Waals surface area (Å²) < 4.78 is 0. The molecule has 0 radical (unpaired) electrons. The number of anilines is 1. The zero-order valence-electron chi connectivity index (χ0n) is 15.3. The molecule has 2 heterocycles. The highest BCUT2D eigenvalue weighted by Gasteiger charge is 2.18. The van der Waals surface area contributed by atoms with Crippen LogP contribution >= 0.6 is 0 Å². The van der Waals surface area contributed by atoms with Gasteiger partial charge in [-0.1, -0.05) is 36.4 Å². The Labute approximate surface area is 162 Å². The maximum atomic E-state index is 11.9. The first-order valence-electron chi connectivity index (χ1n) is 8.95. The molecule has 1 amide bonds. The standard InChI is InChI=1S/C22H19N5O/c1-14(15-5-3-2-4-6-15)25-20-18-8-7-17(16-9-11-24-12-10-16)13-19(18)26-27-21(20)22(23)28/h2-14H,1H3,(H2,23,28)(H,25,26)/t14-/m0/s1. The third kappa shape index (κ3) is 3.40. The van der Waals surface area contributed by atoms with E-state index in [1.54, 1.807) is 12.4 Å². The SMILES string of the molecule is C[C@H](Nc1c(C(N)=O)nnc2cc(-c3ccncc3)ccc12)c1ccccc1. The maximum absolute atomic E-state index is 11.9. The zero-order valence-corrected chi connectivity index (χ0v) is 15.3. The van der Waals surface area contributed by atoms with E-state index in [-0.39, 0.29) is 11.7 Å². The fourth-order valence-corrected chi connectivity index (χ4v) is 3.19. The Morgan fingerprint density at radius 1 is 0.964 bits per heavy atom. The lowest BCUT2D eigenvalue weighted by Gasteiger charge is -2.18. The van der Waals surface area contributed by atoms with Gasteiger partial charge in [0.05, 0.1) is 11.2 Å². The van der Waals surface area contributed by atoms with Crippen molar-refractivity contribution in [3.05, 3.63) is 84.3 Å². The molecule has 0 spiro atoms. The number of nitrogens with one attached hydrogen (secondary N) is 1. The largest absolute Gasteiger partial charge is 0.376 e. The molecule has 4 aromatic rings. The number of rotatable bonds is 5. The summed E-state index contributed by atoms with van der Waals surface area (Å²) in [6.45, 7) is 2.03. The smallest absolute Gasteiger partial charge is 0.271 e. The Morgan fingerprint density at radius 3 is 2.43 bits per heavy atom. The number of pyridine rings is 1. The van der Waals surface area contributed by atoms with Gasteiger partial charge in [0.25, 0.3) is 5.91 Å². The molecule has 6 heteroatoms. The van der Waals surface area contributed by atoms with Crippen LogP contribution in [0.3, 0.4) is 0 Å². The number of carbonyl (C=O) groups is 1. The number of hydrogen-bond acceptors (Lipinski definition) is 5. The first kappa shape index (κ1) is 17.6. The van der Waals surface area contributed by atoms with Crippen molar-refractivity contribution in [3.63, 3.8) is 0 Å². The number of fused-ring (bicyclic) bond motifs is 1. The van der Waals surface area contributed by atoms with E-state index in [0.717, 1.165) is 22.1 Å². The Morgan fingerprint density at radius 2 is 1.71 bits per heavy atom. The van der Waals surface area contributed by atoms with Crippen LogP contribution in [-0.4, -0.2) is 21.1 Å². The van der Waals surface area contributed by atoms with Crippen molar-refractivity contribution in [2.75, 3.05) is 5.32 Å². The van der Waals surface area contributed by atoms with Gasteiger partial charge in [0, 0.05) is 23.8 Å². The van der Waals surface area contributed by atoms with Crippen molar-refractivity contribution in [1.82, 2.24) is 15.2 Å². The minimum atomic E-state index is -0.615. The van der Waals surface area contributed by atoms with Crippen molar-refractivity contribution < 1.29 is 4.79 Å². The Kier molecular flexibility index (Phi) is 4.68. The lowest BCUT2D eigenvalue weighted by atomic mass is 10.0. The molecule has 0 saturated carbocycles. The van der Waals surface area contributed by atoms with Crippen LogP contribution in [0.5, 0.6) is 0 Å². The summed E-state index contributed by atoms with van der Waals surface area (Å²) >= 11 is 0. The second-order valence-corrected chi connectivity index (χ2v) is 6.53. The third-order valence-electron chi connectivity index (χ3n) is 4.67. The van der Waals surface area contributed by atoms with Gasteiger partial charge in [-0.2, -0.15) is 0 Å². The predicted octanol–water partition coefficient (Wildman–Crippen LogP) is 3.96. The monoisotopic (exact) mass is 369 g/mol. The fraction of sp³-hybridized carbons (Fsp3) is 0.0909. The van der Waals surface area contributed by atoms with Gasteiger partial charge in [-0.05, 0) is 47.9 Å². The summed E-state index contributed by atoms with van der Waals surface area (Å²) in [5.74, 6) is -0.615. The number of carbonyl (C=O) groups excluding carboxylic acids is 1. The normalized spacial score (nSPS) is 11.9. The summed E-state index contributed by atoms with van der Waals surface area (Å²) in [6, 6.07) is 19.7. The highest BCUT2D eigenvalue weighted by Crippen LogP contribution is 2.31. The quantitative estimate of drug-likeness (QED) is 0.555. The molecule has 0 fully saturated rings. The second-order valence-electron chi connectivity index (χ2n) is 6.53. The number of nitrogens with two attached hydrogens (primary N) is 1. The van der Waals surface area contributed by atoms with Gasteiger partial charge in [0.1, 0.15) is 0 Å². The first-order chi connectivity index (χ1) is 13.6. The van der Waals surface area contributed by atoms with Crippen molar-refractivity contribution in [3.8, 4) is 11.1 Å². The fourth-order valence-electron chi connectivity index (χ4n) is 3.19. The Hall–Kier alpha value is -3.80. The highest BCUT2D eigenvalue weighted by atomic mass is 16.1. The lowest BCUT2D eigenvalue weighted by Crippen LogP contribution is -2.19. The molecule has 6 nitrogen and oxygen atoms in total. The van der Waals surface area contributed by atoms with Gasteiger partial charge in [0.2, 0.25) is 0 Å². The van der Waals surface area contributed by atoms with Gasteiger partial charge in [-0.15, -0.1) is 10.2 Å². The second kappa shape index (κ2) is 7.44. The number of aromatic nitrogens is 3. The molecule has 138 valence electrons. The van der Waals surface area contributed by atoms with Gasteiger partial charge in [-0.3, -0.25) is 9.78 Å². The highest BCUT2D eigenvalue weighted by molar-refractivity contribution is 6.05. The number of benzene rings is 2. The Bertz CT molecular complexity index is 1130. The van der Waals surface area contributed by atoms with E-state index in [1.807, 2.05) is 67.6 Å². The van der Waals surface area contributed by atoms with Gasteiger partial charge in [0.15, 0.2) is 5.69 Å². The molecule has 1 atom stereocenters. The minimum Gasteiger partial charge on any atom is -0.376 e. The average Bonchev–Trinajstić information content (AvgIpc) is 2.74. The summed E-state index contributed by atoms with van der Waals surface area (Å²) in [7, 11) is 0. The number of hydrogen-bond donors (Lipinski definition) is 2. The lowest BCUT2D eigenvalue weighted by molar-refractivity contribution is 0.0995. The molecule has 0 unspecified atom stereocenters. The first-order valence-corrected chi connectivity index (χ1v) is 8.95. The summed E-state index contributed by atoms with van der Waals surface area (Å²) in [6.07, 6.45) is 3.49. The van der Waals surface area contributed by atoms with Gasteiger partial charge in [-0.25, -0.2) is 0 Å². The number of primary amides is 1. The van der Waals surface area contributed by atoms with E-state index >= 15 is 0 Å². The number of nitrogens with zero attached hydrogens (tertiary/aromatic N) is 3. The molecule has 3 N–H and O–H groups in total. The Balaban J connectivity index is 1.80. The van der Waals surface area contributed by atoms with Crippen LogP contribution in [0.25, 0.3) is 22.0 Å². The molecular formula is C22H19N5O. The van der Waals surface area contributed by atoms with Crippen molar-refractivity contribution in [2.24, 2.45) is 5.73 Å². The molecule has 2 aromatic carbocycles. The van der Waals surface area contributed by atoms with E-state index in [9.17, 15) is 4.79 Å². The topological polar surface area (TPSA) is 93.8 Å². The van der Waals surface area contributed by atoms with Crippen molar-refractivity contribution in [2.45, 2.75) is 13.0 Å². The van der Waals surface area contributed by atoms with Crippen LogP contribution in [0.2, 0.25) is 0 Å². The molecule has 28 heavy (non-hydrogen) atoms. The molecule has 0 aliphatic heterocycles. The van der Waals surface area contributed by atoms with Crippen LogP contribution in [-0.2, 0) is 0 Å². The van der Waals surface area contributed by atoms with E-state index in [2.05, 4.69) is 20.5 Å². The van der Waals surface area contributed by atoms with E-state index in [4.69, 9.17) is 5.73 Å². The maximum Gasteiger partial charge on any atom is 0.271 e. The van der Waals surface area contributed by atoms with Crippen LogP contribution in [0.15, 0.2) is 73.1 Å².